The van der Waals surface area contributed by atoms with Gasteiger partial charge in [-0.2, -0.15) is 0 Å². The summed E-state index contributed by atoms with van der Waals surface area (Å²) >= 11 is -6.34. The topological polar surface area (TPSA) is 52.6 Å². The van der Waals surface area contributed by atoms with Gasteiger partial charge in [-0.05, 0) is 0 Å². The monoisotopic (exact) mass is 480 g/mol. The van der Waals surface area contributed by atoms with Crippen molar-refractivity contribution in [1.82, 2.24) is 0 Å². The van der Waals surface area contributed by atoms with Crippen LogP contribution in [0.15, 0.2) is 86.0 Å². The normalized spacial score (nSPS) is 21.8. The Hall–Kier alpha value is -2.73. The van der Waals surface area contributed by atoms with Gasteiger partial charge in [0.05, 0.1) is 0 Å². The Morgan fingerprint density at radius 2 is 1.19 bits per heavy atom. The number of fused-ring (bicyclic) bond motifs is 2. The van der Waals surface area contributed by atoms with Gasteiger partial charge >= 0.3 is 187 Å². The maximum atomic E-state index is 13.1. The van der Waals surface area contributed by atoms with Crippen molar-refractivity contribution in [2.24, 2.45) is 0 Å². The number of rotatable bonds is 6. The van der Waals surface area contributed by atoms with Gasteiger partial charge in [0.15, 0.2) is 0 Å². The predicted molar refractivity (Wildman–Crippen MR) is 129 cm³/mol. The third-order valence-corrected chi connectivity index (χ3v) is 25.3. The molecule has 0 aromatic heterocycles. The van der Waals surface area contributed by atoms with E-state index in [9.17, 15) is 9.59 Å². The van der Waals surface area contributed by atoms with E-state index in [1.165, 1.54) is 0 Å². The van der Waals surface area contributed by atoms with Crippen molar-refractivity contribution in [3.63, 3.8) is 0 Å². The molecule has 2 aliphatic rings. The molecule has 0 radical (unpaired) electrons. The fourth-order valence-electron chi connectivity index (χ4n) is 5.97. The van der Waals surface area contributed by atoms with Crippen molar-refractivity contribution in [3.05, 3.63) is 108 Å². The van der Waals surface area contributed by atoms with Crippen LogP contribution in [0.4, 0.5) is 0 Å². The Labute approximate surface area is 186 Å². The average Bonchev–Trinajstić information content (AvgIpc) is 3.39. The summed E-state index contributed by atoms with van der Waals surface area (Å²) in [6.07, 6.45) is 10.3. The molecule has 0 bridgehead atoms. The molecule has 0 aliphatic heterocycles. The zero-order chi connectivity index (χ0) is 23.3. The van der Waals surface area contributed by atoms with Gasteiger partial charge in [-0.15, -0.1) is 0 Å². The molecule has 6 heteroatoms. The fourth-order valence-corrected chi connectivity index (χ4v) is 22.1. The molecule has 4 nitrogen and oxygen atoms in total. The first-order valence-corrected chi connectivity index (χ1v) is 20.9. The summed E-state index contributed by atoms with van der Waals surface area (Å²) in [6.45, 7) is 7.28. The predicted octanol–water partition coefficient (Wildman–Crippen LogP) is 5.22. The van der Waals surface area contributed by atoms with Crippen molar-refractivity contribution in [1.29, 1.82) is 0 Å². The average molecular weight is 480 g/mol. The minimum atomic E-state index is -6.34. The zero-order valence-electron chi connectivity index (χ0n) is 18.5. The van der Waals surface area contributed by atoms with E-state index >= 15 is 0 Å². The molecule has 32 heavy (non-hydrogen) atoms. The number of allylic oxidation sites excluding steroid dienone is 2. The van der Waals surface area contributed by atoms with Crippen LogP contribution in [0, 0.1) is 0 Å². The number of hydrogen-bond donors (Lipinski definition) is 0. The van der Waals surface area contributed by atoms with Crippen LogP contribution in [-0.2, 0) is 28.5 Å². The van der Waals surface area contributed by atoms with Gasteiger partial charge < -0.3 is 0 Å². The summed E-state index contributed by atoms with van der Waals surface area (Å²) in [6, 6.07) is 15.9. The van der Waals surface area contributed by atoms with Crippen LogP contribution in [0.1, 0.15) is 30.7 Å². The fraction of sp³-hybridized carbons (Fsp3) is 0.154. The third kappa shape index (κ3) is 2.85. The van der Waals surface area contributed by atoms with E-state index in [0.717, 1.165) is 34.4 Å². The summed E-state index contributed by atoms with van der Waals surface area (Å²) in [7, 11) is 1.58. The minimum absolute atomic E-state index is 0.462. The van der Waals surface area contributed by atoms with Crippen LogP contribution in [0.25, 0.3) is 12.2 Å². The number of benzene rings is 2. The van der Waals surface area contributed by atoms with Crippen molar-refractivity contribution < 1.29 is 28.5 Å². The first-order valence-electron chi connectivity index (χ1n) is 10.7. The summed E-state index contributed by atoms with van der Waals surface area (Å²) < 4.78 is 12.4. The molecule has 0 N–H and O–H groups in total. The summed E-state index contributed by atoms with van der Waals surface area (Å²) in [5, 5.41) is 3.82. The van der Waals surface area contributed by atoms with E-state index in [2.05, 4.69) is 13.2 Å². The first kappa shape index (κ1) is 22.5. The molecule has 2 aromatic rings. The third-order valence-electron chi connectivity index (χ3n) is 7.56. The number of hydrogen-bond acceptors (Lipinski definition) is 4. The SMILES string of the molecule is C=CC(=O)[O][Ti]([CH3])([CH3])(=[SiH2])([O]C(=O)C=C)([CH]1C=Cc2ccccc21)[CH]1C=Cc2ccccc21. The molecule has 0 fully saturated rings. The molecule has 4 rings (SSSR count). The zero-order valence-corrected chi connectivity index (χ0v) is 21.5. The van der Waals surface area contributed by atoms with Gasteiger partial charge in [-0.1, -0.05) is 0 Å². The standard InChI is InChI=1S/2C9H7.2C3H4O2.2CH3.H2Si.Ti/c2*1-2-5-9-7-3-6-8(9)4-1;2*1-2-3(4)5;;;;/h2*1-7H;2*2H,1H2,(H,4,5);2*1H3;1H2;/q;;;;;;;+2/p-2. The Kier molecular flexibility index (Phi) is 4.35. The summed E-state index contributed by atoms with van der Waals surface area (Å²) in [5.74, 6) is -1.23. The molecule has 0 amide bonds. The van der Waals surface area contributed by atoms with Crippen molar-refractivity contribution in [3.8, 4) is 0 Å². The molecular formula is C26H28O4SiTi. The first-order chi connectivity index (χ1) is 14.9. The van der Waals surface area contributed by atoms with Gasteiger partial charge in [0.2, 0.25) is 0 Å². The number of carbonyl (C=O) groups is 2. The molecule has 2 unspecified atom stereocenters. The van der Waals surface area contributed by atoms with Crippen LogP contribution in [0.5, 0.6) is 0 Å². The Bertz CT molecular complexity index is 1300. The van der Waals surface area contributed by atoms with Crippen molar-refractivity contribution in [2.75, 3.05) is 0 Å². The molecule has 0 saturated carbocycles. The van der Waals surface area contributed by atoms with Gasteiger partial charge in [0, 0.05) is 0 Å². The molecule has 164 valence electrons. The molecule has 2 aromatic carbocycles. The Morgan fingerprint density at radius 3 is 1.56 bits per heavy atom. The van der Waals surface area contributed by atoms with Gasteiger partial charge in [-0.3, -0.25) is 0 Å². The van der Waals surface area contributed by atoms with Crippen LogP contribution < -0.4 is 0 Å². The van der Waals surface area contributed by atoms with Crippen LogP contribution >= 0.6 is 0 Å². The molecular weight excluding hydrogens is 452 g/mol. The van der Waals surface area contributed by atoms with E-state index in [0.29, 0.717) is 0 Å². The summed E-state index contributed by atoms with van der Waals surface area (Å²) in [4.78, 5) is 26.2. The second kappa shape index (κ2) is 6.19. The van der Waals surface area contributed by atoms with E-state index in [1.54, 1.807) is 7.63 Å². The quantitative estimate of drug-likeness (QED) is 0.421. The maximum absolute atomic E-state index is 13.1. The van der Waals surface area contributed by atoms with Crippen LogP contribution in [0.2, 0.25) is 10.5 Å². The van der Waals surface area contributed by atoms with Gasteiger partial charge in [0.1, 0.15) is 0 Å². The van der Waals surface area contributed by atoms with E-state index in [-0.39, 0.29) is 0 Å². The van der Waals surface area contributed by atoms with Gasteiger partial charge in [-0.25, -0.2) is 0 Å². The molecule has 0 saturated heterocycles. The van der Waals surface area contributed by atoms with Crippen molar-refractivity contribution >= 4 is 31.7 Å². The van der Waals surface area contributed by atoms with Crippen molar-refractivity contribution in [2.45, 2.75) is 18.9 Å². The van der Waals surface area contributed by atoms with E-state index in [4.69, 9.17) is 6.64 Å². The molecule has 2 aliphatic carbocycles. The van der Waals surface area contributed by atoms with E-state index in [1.807, 2.05) is 83.3 Å². The second-order valence-electron chi connectivity index (χ2n) is 10.8. The number of carbonyl (C=O) groups excluding carboxylic acids is 2. The second-order valence-corrected chi connectivity index (χ2v) is 39.3. The van der Waals surface area contributed by atoms with Crippen LogP contribution in [-0.4, -0.2) is 19.6 Å². The van der Waals surface area contributed by atoms with Crippen LogP contribution in [0.3, 0.4) is 0 Å². The Balaban J connectivity index is 2.20. The molecule has 0 heterocycles. The van der Waals surface area contributed by atoms with Gasteiger partial charge in [0.25, 0.3) is 0 Å². The molecule has 0 spiro atoms. The van der Waals surface area contributed by atoms with E-state index < -0.39 is 32.6 Å². The Morgan fingerprint density at radius 1 is 0.812 bits per heavy atom. The molecule has 2 atom stereocenters. The summed E-state index contributed by atoms with van der Waals surface area (Å²) in [5.41, 5.74) is 3.96.